The number of aromatic nitrogens is 1. The molecular formula is C19H18N4O3. The first kappa shape index (κ1) is 17.3. The van der Waals surface area contributed by atoms with Crippen LogP contribution in [-0.4, -0.2) is 23.1 Å². The monoisotopic (exact) mass is 350 g/mol. The van der Waals surface area contributed by atoms with E-state index >= 15 is 0 Å². The molecule has 0 aliphatic carbocycles. The Hall–Kier alpha value is -3.53. The number of nitriles is 1. The Kier molecular flexibility index (Phi) is 4.26. The summed E-state index contributed by atoms with van der Waals surface area (Å²) >= 11 is 0. The molecule has 0 radical (unpaired) electrons. The molecule has 1 amide bonds. The highest BCUT2D eigenvalue weighted by Crippen LogP contribution is 2.48. The lowest BCUT2D eigenvalue weighted by Crippen LogP contribution is -2.28. The molecular weight excluding hydrogens is 332 g/mol. The molecule has 1 aromatic heterocycles. The number of primary amides is 1. The van der Waals surface area contributed by atoms with E-state index in [2.05, 4.69) is 16.4 Å². The summed E-state index contributed by atoms with van der Waals surface area (Å²) in [6.45, 7) is 3.61. The smallest absolute Gasteiger partial charge is 0.247 e. The zero-order valence-corrected chi connectivity index (χ0v) is 14.6. The summed E-state index contributed by atoms with van der Waals surface area (Å²) in [5.41, 5.74) is 9.53. The number of fused-ring (bicyclic) bond motifs is 1. The fourth-order valence-electron chi connectivity index (χ4n) is 3.33. The van der Waals surface area contributed by atoms with Crippen LogP contribution in [-0.2, 0) is 4.79 Å². The number of carbonyl (C=O) groups excluding carboxylic acids is 1. The van der Waals surface area contributed by atoms with Crippen molar-refractivity contribution in [3.05, 3.63) is 57.9 Å². The lowest BCUT2D eigenvalue weighted by molar-refractivity contribution is -0.114. The number of ether oxygens (including phenoxy) is 1. The van der Waals surface area contributed by atoms with Gasteiger partial charge in [0.25, 0.3) is 0 Å². The van der Waals surface area contributed by atoms with Crippen LogP contribution in [0.15, 0.2) is 35.7 Å². The molecule has 132 valence electrons. The maximum absolute atomic E-state index is 12.2. The maximum Gasteiger partial charge on any atom is 0.247 e. The van der Waals surface area contributed by atoms with E-state index < -0.39 is 11.8 Å². The Balaban J connectivity index is 2.36. The number of amides is 1. The summed E-state index contributed by atoms with van der Waals surface area (Å²) in [4.78, 5) is 16.2. The number of methoxy groups -OCH3 is 1. The summed E-state index contributed by atoms with van der Waals surface area (Å²) in [6.07, 6.45) is 1.55. The second kappa shape index (κ2) is 6.41. The van der Waals surface area contributed by atoms with Gasteiger partial charge in [-0.2, -0.15) is 5.26 Å². The van der Waals surface area contributed by atoms with Gasteiger partial charge in [-0.15, -0.1) is 0 Å². The van der Waals surface area contributed by atoms with Crippen molar-refractivity contribution in [1.29, 1.82) is 5.26 Å². The number of benzene rings is 1. The minimum Gasteiger partial charge on any atom is -0.496 e. The SMILES string of the molecule is COc1cc(C#N)ccc1C1C(C(N)=O)=C(C)Nc2c(C)cnc(O)c21. The van der Waals surface area contributed by atoms with E-state index in [0.29, 0.717) is 39.4 Å². The van der Waals surface area contributed by atoms with Gasteiger partial charge in [0.05, 0.1) is 35.9 Å². The molecule has 2 heterocycles. The molecule has 2 aromatic rings. The number of anilines is 1. The molecule has 1 unspecified atom stereocenters. The summed E-state index contributed by atoms with van der Waals surface area (Å²) in [5.74, 6) is -1.05. The highest BCUT2D eigenvalue weighted by atomic mass is 16.5. The molecule has 26 heavy (non-hydrogen) atoms. The molecule has 0 bridgehead atoms. The number of nitrogens with one attached hydrogen (secondary N) is 1. The maximum atomic E-state index is 12.2. The Bertz CT molecular complexity index is 989. The Morgan fingerprint density at radius 2 is 2.15 bits per heavy atom. The van der Waals surface area contributed by atoms with Crippen molar-refractivity contribution in [3.8, 4) is 17.7 Å². The molecule has 0 spiro atoms. The average molecular weight is 350 g/mol. The fourth-order valence-corrected chi connectivity index (χ4v) is 3.33. The Morgan fingerprint density at radius 3 is 2.77 bits per heavy atom. The van der Waals surface area contributed by atoms with Gasteiger partial charge in [0.1, 0.15) is 5.75 Å². The molecule has 0 fully saturated rings. The van der Waals surface area contributed by atoms with E-state index in [1.807, 2.05) is 6.92 Å². The molecule has 0 saturated heterocycles. The van der Waals surface area contributed by atoms with Crippen LogP contribution in [0.2, 0.25) is 0 Å². The lowest BCUT2D eigenvalue weighted by Gasteiger charge is -2.31. The van der Waals surface area contributed by atoms with Gasteiger partial charge in [-0.1, -0.05) is 6.07 Å². The lowest BCUT2D eigenvalue weighted by atomic mass is 9.79. The van der Waals surface area contributed by atoms with Crippen LogP contribution >= 0.6 is 0 Å². The highest BCUT2D eigenvalue weighted by molar-refractivity contribution is 5.98. The zero-order chi connectivity index (χ0) is 19.0. The molecule has 7 nitrogen and oxygen atoms in total. The summed E-state index contributed by atoms with van der Waals surface area (Å²) < 4.78 is 5.44. The summed E-state index contributed by atoms with van der Waals surface area (Å²) in [5, 5.41) is 22.7. The standard InChI is InChI=1S/C19H18N4O3/c1-9-8-22-19(25)16-15(14(18(21)24)10(2)23-17(9)16)12-5-4-11(7-20)6-13(12)26-3/h4-6,8,15,23H,1-3H3,(H2,21,24)(H,22,25). The normalized spacial score (nSPS) is 15.7. The van der Waals surface area contributed by atoms with Crippen LogP contribution in [0.3, 0.4) is 0 Å². The van der Waals surface area contributed by atoms with Gasteiger partial charge in [-0.05, 0) is 31.5 Å². The van der Waals surface area contributed by atoms with Gasteiger partial charge in [0, 0.05) is 23.0 Å². The third-order valence-electron chi connectivity index (χ3n) is 4.52. The third-order valence-corrected chi connectivity index (χ3v) is 4.52. The van der Waals surface area contributed by atoms with Crippen molar-refractivity contribution in [3.63, 3.8) is 0 Å². The van der Waals surface area contributed by atoms with E-state index in [1.54, 1.807) is 31.3 Å². The van der Waals surface area contributed by atoms with Crippen molar-refractivity contribution in [2.75, 3.05) is 12.4 Å². The van der Waals surface area contributed by atoms with Crippen LogP contribution < -0.4 is 15.8 Å². The Labute approximate surface area is 150 Å². The summed E-state index contributed by atoms with van der Waals surface area (Å²) in [7, 11) is 1.48. The molecule has 1 aromatic carbocycles. The van der Waals surface area contributed by atoms with Crippen molar-refractivity contribution in [2.24, 2.45) is 5.73 Å². The predicted molar refractivity (Wildman–Crippen MR) is 95.7 cm³/mol. The molecule has 4 N–H and O–H groups in total. The molecule has 3 rings (SSSR count). The van der Waals surface area contributed by atoms with Gasteiger partial charge in [-0.25, -0.2) is 4.98 Å². The number of nitrogens with zero attached hydrogens (tertiary/aromatic N) is 2. The van der Waals surface area contributed by atoms with E-state index in [-0.39, 0.29) is 5.88 Å². The molecule has 7 heteroatoms. The van der Waals surface area contributed by atoms with Gasteiger partial charge in [0.15, 0.2) is 0 Å². The van der Waals surface area contributed by atoms with Crippen LogP contribution in [0.5, 0.6) is 11.6 Å². The van der Waals surface area contributed by atoms with E-state index in [4.69, 9.17) is 15.7 Å². The molecule has 1 aliphatic heterocycles. The van der Waals surface area contributed by atoms with Gasteiger partial charge in [-0.3, -0.25) is 4.79 Å². The first-order valence-corrected chi connectivity index (χ1v) is 7.93. The first-order valence-electron chi connectivity index (χ1n) is 7.93. The summed E-state index contributed by atoms with van der Waals surface area (Å²) in [6, 6.07) is 6.98. The van der Waals surface area contributed by atoms with E-state index in [0.717, 1.165) is 5.56 Å². The second-order valence-corrected chi connectivity index (χ2v) is 6.08. The molecule has 1 atom stereocenters. The second-order valence-electron chi connectivity index (χ2n) is 6.08. The number of aryl methyl sites for hydroxylation is 1. The minimum absolute atomic E-state index is 0.194. The third kappa shape index (κ3) is 2.62. The number of allylic oxidation sites excluding steroid dienone is 1. The number of pyridine rings is 1. The van der Waals surface area contributed by atoms with Gasteiger partial charge >= 0.3 is 0 Å². The average Bonchev–Trinajstić information content (AvgIpc) is 2.63. The number of nitrogens with two attached hydrogens (primary N) is 1. The van der Waals surface area contributed by atoms with Crippen LogP contribution in [0.4, 0.5) is 5.69 Å². The number of rotatable bonds is 3. The zero-order valence-electron chi connectivity index (χ0n) is 14.6. The van der Waals surface area contributed by atoms with Crippen molar-refractivity contribution >= 4 is 11.6 Å². The van der Waals surface area contributed by atoms with Crippen LogP contribution in [0.25, 0.3) is 0 Å². The van der Waals surface area contributed by atoms with Crippen molar-refractivity contribution in [2.45, 2.75) is 19.8 Å². The van der Waals surface area contributed by atoms with Crippen LogP contribution in [0, 0.1) is 18.3 Å². The van der Waals surface area contributed by atoms with E-state index in [1.165, 1.54) is 7.11 Å². The number of hydrogen-bond donors (Lipinski definition) is 3. The van der Waals surface area contributed by atoms with Crippen LogP contribution in [0.1, 0.15) is 35.1 Å². The number of aromatic hydroxyl groups is 1. The van der Waals surface area contributed by atoms with Gasteiger partial charge < -0.3 is 20.9 Å². The molecule has 0 saturated carbocycles. The number of hydrogen-bond acceptors (Lipinski definition) is 6. The first-order chi connectivity index (χ1) is 12.4. The van der Waals surface area contributed by atoms with E-state index in [9.17, 15) is 9.90 Å². The van der Waals surface area contributed by atoms with Gasteiger partial charge in [0.2, 0.25) is 11.8 Å². The highest BCUT2D eigenvalue weighted by Gasteiger charge is 2.36. The molecule has 1 aliphatic rings. The number of carbonyl (C=O) groups is 1. The fraction of sp³-hybridized carbons (Fsp3) is 0.211. The topological polar surface area (TPSA) is 121 Å². The predicted octanol–water partition coefficient (Wildman–Crippen LogP) is 2.29. The Morgan fingerprint density at radius 1 is 1.42 bits per heavy atom. The van der Waals surface area contributed by atoms with Crippen molar-refractivity contribution < 1.29 is 14.6 Å². The quantitative estimate of drug-likeness (QED) is 0.781. The van der Waals surface area contributed by atoms with Crippen molar-refractivity contribution in [1.82, 2.24) is 4.98 Å². The minimum atomic E-state index is -0.668. The largest absolute Gasteiger partial charge is 0.496 e.